The Morgan fingerprint density at radius 1 is 1.39 bits per heavy atom. The van der Waals surface area contributed by atoms with Crippen molar-refractivity contribution in [1.29, 1.82) is 0 Å². The lowest BCUT2D eigenvalue weighted by Crippen LogP contribution is -2.49. The first-order valence-corrected chi connectivity index (χ1v) is 9.19. The molecule has 0 unspecified atom stereocenters. The van der Waals surface area contributed by atoms with Gasteiger partial charge in [-0.1, -0.05) is 17.7 Å². The molecule has 0 radical (unpaired) electrons. The molecule has 0 spiro atoms. The number of nitrogens with one attached hydrogen (secondary N) is 1. The number of carbonyl (C=O) groups excluding carboxylic acids is 1. The number of aryl methyl sites for hydroxylation is 1. The molecule has 2 heterocycles. The molecule has 1 aromatic heterocycles. The Balaban J connectivity index is 2.02. The summed E-state index contributed by atoms with van der Waals surface area (Å²) in [6.45, 7) is 1.01. The standard InChI is InChI=1S/C17H16FIN2O7/c1-8-2-4-9(5-3-8)14(25)28-17(18)12(23)11(7-22)27-15(17)21-6-10(19)13(24)20-16(21)26/h2-6,11-12,15,22-23H,7H2,1H3,(H,20,24,26)/t11-,12-,15-,17-/m1/s1. The number of aliphatic hydroxyl groups excluding tert-OH is 2. The van der Waals surface area contributed by atoms with Crippen LogP contribution >= 0.6 is 22.6 Å². The highest BCUT2D eigenvalue weighted by molar-refractivity contribution is 14.1. The molecule has 1 aromatic carbocycles. The highest BCUT2D eigenvalue weighted by Gasteiger charge is 2.61. The Labute approximate surface area is 170 Å². The van der Waals surface area contributed by atoms with E-state index in [1.807, 2.05) is 4.98 Å². The topological polar surface area (TPSA) is 131 Å². The van der Waals surface area contributed by atoms with Crippen LogP contribution < -0.4 is 11.2 Å². The number of benzene rings is 1. The second kappa shape index (κ2) is 7.73. The van der Waals surface area contributed by atoms with Crippen LogP contribution in [0.4, 0.5) is 4.39 Å². The van der Waals surface area contributed by atoms with Crippen LogP contribution in [0.1, 0.15) is 22.1 Å². The molecule has 9 nitrogen and oxygen atoms in total. The minimum absolute atomic E-state index is 0.0180. The Bertz CT molecular complexity index is 1010. The number of aromatic nitrogens is 2. The van der Waals surface area contributed by atoms with Crippen LogP contribution in [0.2, 0.25) is 0 Å². The fourth-order valence-corrected chi connectivity index (χ4v) is 3.20. The molecular weight excluding hydrogens is 490 g/mol. The van der Waals surface area contributed by atoms with Crippen molar-refractivity contribution in [3.05, 3.63) is 66.0 Å². The molecule has 11 heteroatoms. The van der Waals surface area contributed by atoms with Gasteiger partial charge in [0, 0.05) is 6.20 Å². The fourth-order valence-electron chi connectivity index (χ4n) is 2.77. The van der Waals surface area contributed by atoms with Crippen molar-refractivity contribution in [2.75, 3.05) is 6.61 Å². The minimum Gasteiger partial charge on any atom is -0.417 e. The lowest BCUT2D eigenvalue weighted by Gasteiger charge is -2.28. The van der Waals surface area contributed by atoms with Gasteiger partial charge in [-0.05, 0) is 41.6 Å². The van der Waals surface area contributed by atoms with Crippen LogP contribution in [0.15, 0.2) is 40.1 Å². The first kappa shape index (κ1) is 20.6. The number of aromatic amines is 1. The van der Waals surface area contributed by atoms with Crippen molar-refractivity contribution in [3.8, 4) is 0 Å². The summed E-state index contributed by atoms with van der Waals surface area (Å²) in [7, 11) is 0. The Morgan fingerprint density at radius 3 is 2.64 bits per heavy atom. The molecule has 1 aliphatic heterocycles. The smallest absolute Gasteiger partial charge is 0.341 e. The molecule has 150 valence electrons. The lowest BCUT2D eigenvalue weighted by atomic mass is 10.1. The van der Waals surface area contributed by atoms with E-state index >= 15 is 4.39 Å². The molecule has 0 saturated carbocycles. The highest BCUT2D eigenvalue weighted by atomic mass is 127. The second-order valence-corrected chi connectivity index (χ2v) is 7.41. The summed E-state index contributed by atoms with van der Waals surface area (Å²) < 4.78 is 26.6. The molecule has 1 saturated heterocycles. The van der Waals surface area contributed by atoms with Gasteiger partial charge in [-0.15, -0.1) is 0 Å². The summed E-state index contributed by atoms with van der Waals surface area (Å²) in [4.78, 5) is 38.1. The van der Waals surface area contributed by atoms with E-state index in [0.29, 0.717) is 4.57 Å². The Hall–Kier alpha value is -2.09. The summed E-state index contributed by atoms with van der Waals surface area (Å²) in [5.41, 5.74) is -0.845. The third kappa shape index (κ3) is 3.62. The van der Waals surface area contributed by atoms with E-state index in [0.717, 1.165) is 11.8 Å². The molecule has 28 heavy (non-hydrogen) atoms. The van der Waals surface area contributed by atoms with E-state index in [-0.39, 0.29) is 9.13 Å². The molecule has 0 bridgehead atoms. The third-order valence-corrected chi connectivity index (χ3v) is 5.06. The van der Waals surface area contributed by atoms with Crippen molar-refractivity contribution >= 4 is 28.6 Å². The second-order valence-electron chi connectivity index (χ2n) is 6.25. The van der Waals surface area contributed by atoms with Crippen molar-refractivity contribution in [2.45, 2.75) is 31.2 Å². The molecule has 0 amide bonds. The van der Waals surface area contributed by atoms with Crippen molar-refractivity contribution in [1.82, 2.24) is 9.55 Å². The number of esters is 1. The zero-order valence-corrected chi connectivity index (χ0v) is 16.6. The van der Waals surface area contributed by atoms with E-state index in [1.165, 1.54) is 12.1 Å². The highest BCUT2D eigenvalue weighted by Crippen LogP contribution is 2.42. The van der Waals surface area contributed by atoms with Gasteiger partial charge in [0.05, 0.1) is 15.7 Å². The van der Waals surface area contributed by atoms with E-state index in [9.17, 15) is 24.6 Å². The first-order chi connectivity index (χ1) is 13.2. The van der Waals surface area contributed by atoms with Crippen molar-refractivity contribution in [3.63, 3.8) is 0 Å². The molecule has 2 aromatic rings. The number of H-pyrrole nitrogens is 1. The van der Waals surface area contributed by atoms with Gasteiger partial charge < -0.3 is 19.7 Å². The molecular formula is C17H16FIN2O7. The number of aliphatic hydroxyl groups is 2. The SMILES string of the molecule is Cc1ccc(C(=O)O[C@]2(F)[C@H](O)[C@@H](CO)O[C@H]2n2cc(I)c(=O)[nH]c2=O)cc1. The van der Waals surface area contributed by atoms with E-state index < -0.39 is 48.1 Å². The normalized spacial score (nSPS) is 27.0. The Morgan fingerprint density at radius 2 is 2.04 bits per heavy atom. The van der Waals surface area contributed by atoms with Gasteiger partial charge in [-0.2, -0.15) is 4.39 Å². The number of nitrogens with zero attached hydrogens (tertiary/aromatic N) is 1. The van der Waals surface area contributed by atoms with E-state index in [2.05, 4.69) is 0 Å². The zero-order chi connectivity index (χ0) is 20.6. The van der Waals surface area contributed by atoms with Gasteiger partial charge in [0.2, 0.25) is 6.23 Å². The fraction of sp³-hybridized carbons (Fsp3) is 0.353. The van der Waals surface area contributed by atoms with Gasteiger partial charge in [-0.25, -0.2) is 9.59 Å². The quantitative estimate of drug-likeness (QED) is 0.400. The lowest BCUT2D eigenvalue weighted by molar-refractivity contribution is -0.198. The van der Waals surface area contributed by atoms with Crippen molar-refractivity contribution < 1.29 is 28.9 Å². The van der Waals surface area contributed by atoms with Gasteiger partial charge in [0.1, 0.15) is 6.10 Å². The van der Waals surface area contributed by atoms with Crippen molar-refractivity contribution in [2.24, 2.45) is 0 Å². The third-order valence-electron chi connectivity index (χ3n) is 4.29. The number of hydrogen-bond acceptors (Lipinski definition) is 7. The molecule has 4 atom stereocenters. The number of carbonyl (C=O) groups is 1. The maximum Gasteiger partial charge on any atom is 0.341 e. The molecule has 1 fully saturated rings. The predicted octanol–water partition coefficient (Wildman–Crippen LogP) is 0.223. The number of halogens is 2. The van der Waals surface area contributed by atoms with Crippen LogP contribution in [-0.2, 0) is 9.47 Å². The van der Waals surface area contributed by atoms with Crippen LogP contribution in [0.5, 0.6) is 0 Å². The maximum absolute atomic E-state index is 15.7. The first-order valence-electron chi connectivity index (χ1n) is 8.11. The van der Waals surface area contributed by atoms with Gasteiger partial charge >= 0.3 is 17.5 Å². The van der Waals surface area contributed by atoms with Gasteiger partial charge in [-0.3, -0.25) is 14.3 Å². The summed E-state index contributed by atoms with van der Waals surface area (Å²) >= 11 is 1.62. The summed E-state index contributed by atoms with van der Waals surface area (Å²) in [6.07, 6.45) is -4.45. The van der Waals surface area contributed by atoms with Crippen LogP contribution in [0.3, 0.4) is 0 Å². The van der Waals surface area contributed by atoms with E-state index in [1.54, 1.807) is 41.6 Å². The largest absolute Gasteiger partial charge is 0.417 e. The van der Waals surface area contributed by atoms with Crippen LogP contribution in [0, 0.1) is 10.5 Å². The molecule has 3 rings (SSSR count). The number of rotatable bonds is 4. The summed E-state index contributed by atoms with van der Waals surface area (Å²) in [6, 6.07) is 6.06. The zero-order valence-electron chi connectivity index (χ0n) is 14.5. The number of alkyl halides is 1. The molecule has 1 aliphatic rings. The van der Waals surface area contributed by atoms with Crippen LogP contribution in [-0.4, -0.2) is 50.4 Å². The maximum atomic E-state index is 15.7. The average Bonchev–Trinajstić information content (AvgIpc) is 2.89. The molecule has 3 N–H and O–H groups in total. The van der Waals surface area contributed by atoms with Crippen LogP contribution in [0.25, 0.3) is 0 Å². The minimum atomic E-state index is -3.19. The number of hydrogen-bond donors (Lipinski definition) is 3. The average molecular weight is 506 g/mol. The Kier molecular flexibility index (Phi) is 5.70. The molecule has 0 aliphatic carbocycles. The van der Waals surface area contributed by atoms with Gasteiger partial charge in [0.15, 0.2) is 6.10 Å². The summed E-state index contributed by atoms with van der Waals surface area (Å²) in [5, 5.41) is 19.6. The number of ether oxygens (including phenoxy) is 2. The van der Waals surface area contributed by atoms with E-state index in [4.69, 9.17) is 9.47 Å². The summed E-state index contributed by atoms with van der Waals surface area (Å²) in [5.74, 6) is -4.29. The monoisotopic (exact) mass is 506 g/mol. The van der Waals surface area contributed by atoms with Gasteiger partial charge in [0.25, 0.3) is 5.56 Å². The predicted molar refractivity (Wildman–Crippen MR) is 101 cm³/mol.